The Balaban J connectivity index is 1.62. The van der Waals surface area contributed by atoms with Crippen molar-refractivity contribution in [2.45, 2.75) is 19.3 Å². The van der Waals surface area contributed by atoms with E-state index in [4.69, 9.17) is 10.5 Å². The predicted molar refractivity (Wildman–Crippen MR) is 85.1 cm³/mol. The largest absolute Gasteiger partial charge is 0.399 e. The van der Waals surface area contributed by atoms with E-state index in [1.54, 1.807) is 19.2 Å². The first-order valence-corrected chi connectivity index (χ1v) is 7.54. The van der Waals surface area contributed by atoms with Crippen molar-refractivity contribution in [2.24, 2.45) is 5.92 Å². The van der Waals surface area contributed by atoms with Crippen LogP contribution in [-0.4, -0.2) is 44.2 Å². The molecule has 1 amide bonds. The molecular formula is C16H25N3O2. The molecule has 0 saturated carbocycles. The van der Waals surface area contributed by atoms with Crippen molar-refractivity contribution in [3.63, 3.8) is 0 Å². The number of hydrogen-bond acceptors (Lipinski definition) is 4. The molecule has 21 heavy (non-hydrogen) atoms. The van der Waals surface area contributed by atoms with Gasteiger partial charge in [-0.05, 0) is 56.1 Å². The van der Waals surface area contributed by atoms with Crippen LogP contribution < -0.4 is 11.1 Å². The lowest BCUT2D eigenvalue weighted by Crippen LogP contribution is -2.24. The third-order valence-corrected chi connectivity index (χ3v) is 3.84. The van der Waals surface area contributed by atoms with Crippen LogP contribution in [-0.2, 0) is 9.53 Å². The molecule has 1 aliphatic heterocycles. The fourth-order valence-corrected chi connectivity index (χ4v) is 2.74. The molecule has 0 spiro atoms. The summed E-state index contributed by atoms with van der Waals surface area (Å²) < 4.78 is 5.19. The van der Waals surface area contributed by atoms with Gasteiger partial charge in [-0.2, -0.15) is 0 Å². The van der Waals surface area contributed by atoms with Crippen LogP contribution >= 0.6 is 0 Å². The molecule has 1 atom stereocenters. The maximum absolute atomic E-state index is 11.9. The van der Waals surface area contributed by atoms with Crippen LogP contribution in [0.4, 0.5) is 11.4 Å². The van der Waals surface area contributed by atoms with Crippen LogP contribution in [0, 0.1) is 5.92 Å². The molecule has 5 nitrogen and oxygen atoms in total. The number of carbonyl (C=O) groups excluding carboxylic acids is 1. The van der Waals surface area contributed by atoms with E-state index in [0.717, 1.165) is 38.3 Å². The molecule has 1 heterocycles. The number of nitrogens with two attached hydrogens (primary N) is 1. The predicted octanol–water partition coefficient (Wildman–Crippen LogP) is 1.96. The van der Waals surface area contributed by atoms with E-state index >= 15 is 0 Å². The molecule has 1 aromatic carbocycles. The topological polar surface area (TPSA) is 67.6 Å². The highest BCUT2D eigenvalue weighted by Crippen LogP contribution is 2.17. The smallest absolute Gasteiger partial charge is 0.224 e. The quantitative estimate of drug-likeness (QED) is 0.754. The Labute approximate surface area is 126 Å². The van der Waals surface area contributed by atoms with Crippen molar-refractivity contribution in [1.82, 2.24) is 4.90 Å². The minimum absolute atomic E-state index is 0.0624. The minimum atomic E-state index is 0.0624. The summed E-state index contributed by atoms with van der Waals surface area (Å²) in [6.07, 6.45) is 2.64. The van der Waals surface area contributed by atoms with Gasteiger partial charge in [-0.3, -0.25) is 4.79 Å². The highest BCUT2D eigenvalue weighted by atomic mass is 16.5. The maximum Gasteiger partial charge on any atom is 0.224 e. The van der Waals surface area contributed by atoms with Crippen LogP contribution in [0.2, 0.25) is 0 Å². The van der Waals surface area contributed by atoms with Crippen molar-refractivity contribution in [3.05, 3.63) is 24.3 Å². The fourth-order valence-electron chi connectivity index (χ4n) is 2.74. The van der Waals surface area contributed by atoms with E-state index in [1.807, 2.05) is 12.1 Å². The number of ether oxygens (including phenoxy) is 1. The first-order chi connectivity index (χ1) is 10.2. The SMILES string of the molecule is COCC1CCN(CCCC(=O)Nc2ccc(N)cc2)C1. The fraction of sp³-hybridized carbons (Fsp3) is 0.562. The maximum atomic E-state index is 11.9. The summed E-state index contributed by atoms with van der Waals surface area (Å²) in [5.74, 6) is 0.714. The monoisotopic (exact) mass is 291 g/mol. The highest BCUT2D eigenvalue weighted by molar-refractivity contribution is 5.90. The van der Waals surface area contributed by atoms with Crippen molar-refractivity contribution >= 4 is 17.3 Å². The number of nitrogens with zero attached hydrogens (tertiary/aromatic N) is 1. The molecule has 2 rings (SSSR count). The molecule has 1 unspecified atom stereocenters. The Bertz CT molecular complexity index is 447. The van der Waals surface area contributed by atoms with Crippen LogP contribution in [0.15, 0.2) is 24.3 Å². The summed E-state index contributed by atoms with van der Waals surface area (Å²) in [4.78, 5) is 14.3. The van der Waals surface area contributed by atoms with Crippen molar-refractivity contribution < 1.29 is 9.53 Å². The first-order valence-electron chi connectivity index (χ1n) is 7.54. The van der Waals surface area contributed by atoms with E-state index in [9.17, 15) is 4.79 Å². The van der Waals surface area contributed by atoms with E-state index in [-0.39, 0.29) is 5.91 Å². The van der Waals surface area contributed by atoms with Gasteiger partial charge in [0.05, 0.1) is 6.61 Å². The summed E-state index contributed by atoms with van der Waals surface area (Å²) >= 11 is 0. The van der Waals surface area contributed by atoms with Gasteiger partial charge in [0.25, 0.3) is 0 Å². The van der Waals surface area contributed by atoms with Gasteiger partial charge < -0.3 is 20.7 Å². The van der Waals surface area contributed by atoms with Crippen molar-refractivity contribution in [3.8, 4) is 0 Å². The van der Waals surface area contributed by atoms with Gasteiger partial charge in [-0.1, -0.05) is 0 Å². The second-order valence-corrected chi connectivity index (χ2v) is 5.68. The van der Waals surface area contributed by atoms with Crippen LogP contribution in [0.5, 0.6) is 0 Å². The lowest BCUT2D eigenvalue weighted by molar-refractivity contribution is -0.116. The second-order valence-electron chi connectivity index (χ2n) is 5.68. The molecule has 0 aromatic heterocycles. The van der Waals surface area contributed by atoms with Gasteiger partial charge in [-0.25, -0.2) is 0 Å². The summed E-state index contributed by atoms with van der Waals surface area (Å²) in [5.41, 5.74) is 7.12. The second kappa shape index (κ2) is 8.00. The third-order valence-electron chi connectivity index (χ3n) is 3.84. The van der Waals surface area contributed by atoms with Gasteiger partial charge in [0.2, 0.25) is 5.91 Å². The summed E-state index contributed by atoms with van der Waals surface area (Å²) in [5, 5.41) is 2.89. The number of hydrogen-bond donors (Lipinski definition) is 2. The van der Waals surface area contributed by atoms with Crippen LogP contribution in [0.1, 0.15) is 19.3 Å². The summed E-state index contributed by atoms with van der Waals surface area (Å²) in [7, 11) is 1.75. The Morgan fingerprint density at radius 2 is 2.19 bits per heavy atom. The molecule has 0 aliphatic carbocycles. The third kappa shape index (κ3) is 5.36. The molecule has 5 heteroatoms. The van der Waals surface area contributed by atoms with Gasteiger partial charge in [-0.15, -0.1) is 0 Å². The minimum Gasteiger partial charge on any atom is -0.399 e. The highest BCUT2D eigenvalue weighted by Gasteiger charge is 2.21. The number of benzene rings is 1. The van der Waals surface area contributed by atoms with E-state index in [0.29, 0.717) is 18.0 Å². The van der Waals surface area contributed by atoms with E-state index < -0.39 is 0 Å². The summed E-state index contributed by atoms with van der Waals surface area (Å²) in [6, 6.07) is 7.22. The molecule has 1 saturated heterocycles. The molecular weight excluding hydrogens is 266 g/mol. The lowest BCUT2D eigenvalue weighted by atomic mass is 10.1. The van der Waals surface area contributed by atoms with Gasteiger partial charge in [0, 0.05) is 31.5 Å². The Kier molecular flexibility index (Phi) is 6.02. The number of anilines is 2. The van der Waals surface area contributed by atoms with Crippen molar-refractivity contribution in [2.75, 3.05) is 44.4 Å². The number of carbonyl (C=O) groups is 1. The normalized spacial score (nSPS) is 18.8. The number of nitrogens with one attached hydrogen (secondary N) is 1. The first kappa shape index (κ1) is 15.8. The van der Waals surface area contributed by atoms with Gasteiger partial charge in [0.1, 0.15) is 0 Å². The lowest BCUT2D eigenvalue weighted by Gasteiger charge is -2.15. The van der Waals surface area contributed by atoms with Crippen molar-refractivity contribution in [1.29, 1.82) is 0 Å². The average molecular weight is 291 g/mol. The zero-order chi connectivity index (χ0) is 15.1. The number of methoxy groups -OCH3 is 1. The molecule has 1 aliphatic rings. The standard InChI is InChI=1S/C16H25N3O2/c1-21-12-13-8-10-19(11-13)9-2-3-16(20)18-15-6-4-14(17)5-7-15/h4-7,13H,2-3,8-12,17H2,1H3,(H,18,20). The molecule has 1 fully saturated rings. The number of likely N-dealkylation sites (tertiary alicyclic amines) is 1. The molecule has 1 aromatic rings. The zero-order valence-electron chi connectivity index (χ0n) is 12.7. The summed E-state index contributed by atoms with van der Waals surface area (Å²) in [6.45, 7) is 4.03. The molecule has 3 N–H and O–H groups in total. The number of rotatable bonds is 7. The molecule has 0 bridgehead atoms. The van der Waals surface area contributed by atoms with E-state index in [2.05, 4.69) is 10.2 Å². The van der Waals surface area contributed by atoms with Crippen LogP contribution in [0.3, 0.4) is 0 Å². The van der Waals surface area contributed by atoms with E-state index in [1.165, 1.54) is 6.42 Å². The zero-order valence-corrected chi connectivity index (χ0v) is 12.7. The van der Waals surface area contributed by atoms with Gasteiger partial charge in [0.15, 0.2) is 0 Å². The average Bonchev–Trinajstić information content (AvgIpc) is 2.89. The Morgan fingerprint density at radius 1 is 1.43 bits per heavy atom. The number of amides is 1. The Morgan fingerprint density at radius 3 is 2.90 bits per heavy atom. The van der Waals surface area contributed by atoms with Gasteiger partial charge >= 0.3 is 0 Å². The molecule has 116 valence electrons. The molecule has 0 radical (unpaired) electrons. The van der Waals surface area contributed by atoms with Crippen LogP contribution in [0.25, 0.3) is 0 Å². The number of nitrogen functional groups attached to an aromatic ring is 1. The Hall–Kier alpha value is -1.59.